The van der Waals surface area contributed by atoms with Crippen molar-refractivity contribution in [2.24, 2.45) is 0 Å². The number of hydrogen-bond acceptors (Lipinski definition) is 4. The van der Waals surface area contributed by atoms with Crippen LogP contribution in [0.25, 0.3) is 0 Å². The highest BCUT2D eigenvalue weighted by Crippen LogP contribution is 2.27. The Balaban J connectivity index is 2.17. The van der Waals surface area contributed by atoms with Gasteiger partial charge in [-0.1, -0.05) is 12.8 Å². The number of rotatable bonds is 2. The van der Waals surface area contributed by atoms with Gasteiger partial charge in [-0.3, -0.25) is 0 Å². The molecule has 4 nitrogen and oxygen atoms in total. The molecule has 0 aromatic carbocycles. The Morgan fingerprint density at radius 3 is 2.53 bits per heavy atom. The molecular weight excluding hydrogens is 188 g/mol. The molecule has 1 aromatic heterocycles. The van der Waals surface area contributed by atoms with E-state index in [0.717, 1.165) is 5.82 Å². The lowest BCUT2D eigenvalue weighted by Crippen LogP contribution is -2.29. The number of nitrogens with zero attached hydrogens (tertiary/aromatic N) is 2. The average molecular weight is 206 g/mol. The molecule has 0 unspecified atom stereocenters. The Hall–Kier alpha value is -1.45. The minimum atomic E-state index is 0.428. The lowest BCUT2D eigenvalue weighted by atomic mass is 10.2. The molecule has 82 valence electrons. The summed E-state index contributed by atoms with van der Waals surface area (Å²) in [5.74, 6) is 1.35. The van der Waals surface area contributed by atoms with E-state index >= 15 is 0 Å². The summed E-state index contributed by atoms with van der Waals surface area (Å²) < 4.78 is 0. The summed E-state index contributed by atoms with van der Waals surface area (Å²) in [4.78, 5) is 6.51. The summed E-state index contributed by atoms with van der Waals surface area (Å²) in [5, 5.41) is 0. The number of pyridine rings is 1. The minimum absolute atomic E-state index is 0.428. The Morgan fingerprint density at radius 2 is 1.93 bits per heavy atom. The molecule has 0 saturated heterocycles. The van der Waals surface area contributed by atoms with Crippen LogP contribution in [0.2, 0.25) is 0 Å². The van der Waals surface area contributed by atoms with E-state index in [2.05, 4.69) is 16.9 Å². The molecule has 2 rings (SSSR count). The first-order valence-corrected chi connectivity index (χ1v) is 5.43. The Labute approximate surface area is 90.3 Å². The van der Waals surface area contributed by atoms with Crippen LogP contribution in [0.3, 0.4) is 0 Å². The van der Waals surface area contributed by atoms with Crippen LogP contribution in [0.1, 0.15) is 25.7 Å². The van der Waals surface area contributed by atoms with Crippen LogP contribution in [-0.4, -0.2) is 18.1 Å². The monoisotopic (exact) mass is 206 g/mol. The van der Waals surface area contributed by atoms with Gasteiger partial charge in [0.1, 0.15) is 11.6 Å². The topological polar surface area (TPSA) is 68.2 Å². The van der Waals surface area contributed by atoms with Gasteiger partial charge in [-0.25, -0.2) is 4.98 Å². The molecule has 0 spiro atoms. The molecule has 0 bridgehead atoms. The quantitative estimate of drug-likeness (QED) is 0.771. The molecule has 0 radical (unpaired) electrons. The first-order chi connectivity index (χ1) is 7.18. The van der Waals surface area contributed by atoms with Crippen LogP contribution in [0.4, 0.5) is 17.3 Å². The molecule has 15 heavy (non-hydrogen) atoms. The van der Waals surface area contributed by atoms with Crippen molar-refractivity contribution in [3.8, 4) is 0 Å². The summed E-state index contributed by atoms with van der Waals surface area (Å²) in [6.45, 7) is 0. The smallest absolute Gasteiger partial charge is 0.149 e. The summed E-state index contributed by atoms with van der Waals surface area (Å²) in [6.07, 6.45) is 5.14. The van der Waals surface area contributed by atoms with E-state index < -0.39 is 0 Å². The number of anilines is 3. The van der Waals surface area contributed by atoms with Crippen molar-refractivity contribution in [1.82, 2.24) is 4.98 Å². The second-order valence-corrected chi connectivity index (χ2v) is 4.19. The standard InChI is InChI=1S/C11H18N4/c1-15(8-4-2-3-5-8)10-7-6-9(12)11(13)14-10/h6-8H,2-5,12H2,1H3,(H2,13,14). The third-order valence-electron chi connectivity index (χ3n) is 3.18. The van der Waals surface area contributed by atoms with E-state index in [9.17, 15) is 0 Å². The zero-order valence-corrected chi connectivity index (χ0v) is 9.11. The second kappa shape index (κ2) is 3.96. The van der Waals surface area contributed by atoms with Crippen molar-refractivity contribution in [1.29, 1.82) is 0 Å². The van der Waals surface area contributed by atoms with Crippen molar-refractivity contribution >= 4 is 17.3 Å². The summed E-state index contributed by atoms with van der Waals surface area (Å²) in [6, 6.07) is 4.37. The van der Waals surface area contributed by atoms with Crippen molar-refractivity contribution in [2.75, 3.05) is 23.4 Å². The van der Waals surface area contributed by atoms with Gasteiger partial charge in [0, 0.05) is 13.1 Å². The number of nitrogen functional groups attached to an aromatic ring is 2. The summed E-state index contributed by atoms with van der Waals surface area (Å²) in [7, 11) is 2.08. The first-order valence-electron chi connectivity index (χ1n) is 5.43. The van der Waals surface area contributed by atoms with Gasteiger partial charge in [0.2, 0.25) is 0 Å². The molecule has 4 heteroatoms. The van der Waals surface area contributed by atoms with Gasteiger partial charge in [-0.15, -0.1) is 0 Å². The molecule has 1 saturated carbocycles. The highest BCUT2D eigenvalue weighted by molar-refractivity contribution is 5.62. The highest BCUT2D eigenvalue weighted by atomic mass is 15.2. The van der Waals surface area contributed by atoms with E-state index in [-0.39, 0.29) is 0 Å². The van der Waals surface area contributed by atoms with Crippen LogP contribution in [0.15, 0.2) is 12.1 Å². The lowest BCUT2D eigenvalue weighted by molar-refractivity contribution is 0.647. The Bertz CT molecular complexity index is 344. The van der Waals surface area contributed by atoms with Crippen molar-refractivity contribution in [3.05, 3.63) is 12.1 Å². The maximum Gasteiger partial charge on any atom is 0.149 e. The van der Waals surface area contributed by atoms with Crippen molar-refractivity contribution in [3.63, 3.8) is 0 Å². The summed E-state index contributed by atoms with van der Waals surface area (Å²) >= 11 is 0. The lowest BCUT2D eigenvalue weighted by Gasteiger charge is -2.25. The predicted molar refractivity (Wildman–Crippen MR) is 63.7 cm³/mol. The zero-order valence-electron chi connectivity index (χ0n) is 9.11. The maximum absolute atomic E-state index is 5.69. The molecule has 1 heterocycles. The van der Waals surface area contributed by atoms with Gasteiger partial charge >= 0.3 is 0 Å². The number of nitrogens with two attached hydrogens (primary N) is 2. The van der Waals surface area contributed by atoms with E-state index in [4.69, 9.17) is 11.5 Å². The molecule has 1 aliphatic carbocycles. The Kier molecular flexibility index (Phi) is 2.66. The summed E-state index contributed by atoms with van der Waals surface area (Å²) in [5.41, 5.74) is 11.9. The highest BCUT2D eigenvalue weighted by Gasteiger charge is 2.20. The zero-order chi connectivity index (χ0) is 10.8. The van der Waals surface area contributed by atoms with Gasteiger partial charge in [0.25, 0.3) is 0 Å². The van der Waals surface area contributed by atoms with Crippen molar-refractivity contribution in [2.45, 2.75) is 31.7 Å². The second-order valence-electron chi connectivity index (χ2n) is 4.19. The third-order valence-corrected chi connectivity index (χ3v) is 3.18. The van der Waals surface area contributed by atoms with Crippen LogP contribution in [-0.2, 0) is 0 Å². The van der Waals surface area contributed by atoms with Crippen LogP contribution in [0, 0.1) is 0 Å². The van der Waals surface area contributed by atoms with Crippen LogP contribution >= 0.6 is 0 Å². The molecule has 0 atom stereocenters. The predicted octanol–water partition coefficient (Wildman–Crippen LogP) is 1.62. The Morgan fingerprint density at radius 1 is 1.27 bits per heavy atom. The fourth-order valence-electron chi connectivity index (χ4n) is 2.15. The molecular formula is C11H18N4. The maximum atomic E-state index is 5.69. The van der Waals surface area contributed by atoms with Crippen molar-refractivity contribution < 1.29 is 0 Å². The number of hydrogen-bond donors (Lipinski definition) is 2. The van der Waals surface area contributed by atoms with Gasteiger partial charge in [0.15, 0.2) is 0 Å². The normalized spacial score (nSPS) is 16.9. The molecule has 1 aliphatic rings. The van der Waals surface area contributed by atoms with E-state index in [1.807, 2.05) is 12.1 Å². The van der Waals surface area contributed by atoms with E-state index in [1.165, 1.54) is 25.7 Å². The molecule has 0 amide bonds. The molecule has 1 aromatic rings. The van der Waals surface area contributed by atoms with Gasteiger partial charge in [-0.2, -0.15) is 0 Å². The fourth-order valence-corrected chi connectivity index (χ4v) is 2.15. The van der Waals surface area contributed by atoms with E-state index in [0.29, 0.717) is 17.5 Å². The van der Waals surface area contributed by atoms with E-state index in [1.54, 1.807) is 0 Å². The first kappa shape index (κ1) is 10.1. The average Bonchev–Trinajstić information content (AvgIpc) is 2.74. The fraction of sp³-hybridized carbons (Fsp3) is 0.545. The molecule has 4 N–H and O–H groups in total. The molecule has 1 fully saturated rings. The third kappa shape index (κ3) is 1.98. The SMILES string of the molecule is CN(c1ccc(N)c(N)n1)C1CCCC1. The van der Waals surface area contributed by atoms with Gasteiger partial charge < -0.3 is 16.4 Å². The van der Waals surface area contributed by atoms with Crippen LogP contribution in [0.5, 0.6) is 0 Å². The largest absolute Gasteiger partial charge is 0.396 e. The minimum Gasteiger partial charge on any atom is -0.396 e. The molecule has 0 aliphatic heterocycles. The van der Waals surface area contributed by atoms with Gasteiger partial charge in [0.05, 0.1) is 5.69 Å². The number of aromatic nitrogens is 1. The van der Waals surface area contributed by atoms with Gasteiger partial charge in [-0.05, 0) is 25.0 Å². The van der Waals surface area contributed by atoms with Crippen LogP contribution < -0.4 is 16.4 Å².